The number of nitrogens with zero attached hydrogens (tertiary/aromatic N) is 2. The molecule has 0 radical (unpaired) electrons. The SMILES string of the molecule is CCCC(C(=O)O)n1cccn1. The molecule has 4 nitrogen and oxygen atoms in total. The third-order valence-electron chi connectivity index (χ3n) is 1.69. The molecule has 0 aliphatic rings. The normalized spacial score (nSPS) is 12.8. The number of hydrogen-bond acceptors (Lipinski definition) is 2. The van der Waals surface area contributed by atoms with Crippen LogP contribution in [0.25, 0.3) is 0 Å². The van der Waals surface area contributed by atoms with Crippen molar-refractivity contribution < 1.29 is 9.90 Å². The summed E-state index contributed by atoms with van der Waals surface area (Å²) in [5.74, 6) is -0.819. The lowest BCUT2D eigenvalue weighted by Gasteiger charge is -2.10. The Bertz CT molecular complexity index is 244. The second-order valence-electron chi connectivity index (χ2n) is 2.63. The summed E-state index contributed by atoms with van der Waals surface area (Å²) in [6.07, 6.45) is 4.73. The second kappa shape index (κ2) is 3.90. The highest BCUT2D eigenvalue weighted by molar-refractivity contribution is 5.71. The molecule has 1 aromatic rings. The molecule has 1 rings (SSSR count). The number of aliphatic carboxylic acids is 1. The van der Waals surface area contributed by atoms with Gasteiger partial charge < -0.3 is 5.11 Å². The highest BCUT2D eigenvalue weighted by Gasteiger charge is 2.17. The summed E-state index contributed by atoms with van der Waals surface area (Å²) in [6.45, 7) is 1.96. The first-order valence-electron chi connectivity index (χ1n) is 3.97. The van der Waals surface area contributed by atoms with Gasteiger partial charge in [-0.25, -0.2) is 4.79 Å². The van der Waals surface area contributed by atoms with Crippen molar-refractivity contribution in [3.8, 4) is 0 Å². The third kappa shape index (κ3) is 1.84. The fraction of sp³-hybridized carbons (Fsp3) is 0.500. The van der Waals surface area contributed by atoms with Crippen molar-refractivity contribution in [2.45, 2.75) is 25.8 Å². The number of aromatic nitrogens is 2. The van der Waals surface area contributed by atoms with Crippen molar-refractivity contribution in [2.75, 3.05) is 0 Å². The summed E-state index contributed by atoms with van der Waals surface area (Å²) in [5, 5.41) is 12.7. The minimum atomic E-state index is -0.819. The largest absolute Gasteiger partial charge is 0.480 e. The average Bonchev–Trinajstić information content (AvgIpc) is 2.51. The van der Waals surface area contributed by atoms with E-state index >= 15 is 0 Å². The van der Waals surface area contributed by atoms with Crippen LogP contribution < -0.4 is 0 Å². The van der Waals surface area contributed by atoms with E-state index < -0.39 is 12.0 Å². The van der Waals surface area contributed by atoms with Crippen LogP contribution in [0.3, 0.4) is 0 Å². The Balaban J connectivity index is 2.73. The Hall–Kier alpha value is -1.32. The standard InChI is InChI=1S/C8H12N2O2/c1-2-4-7(8(11)12)10-6-3-5-9-10/h3,5-7H,2,4H2,1H3,(H,11,12). The molecular formula is C8H12N2O2. The second-order valence-corrected chi connectivity index (χ2v) is 2.63. The third-order valence-corrected chi connectivity index (χ3v) is 1.69. The van der Waals surface area contributed by atoms with Gasteiger partial charge in [-0.2, -0.15) is 5.10 Å². The van der Waals surface area contributed by atoms with E-state index in [0.29, 0.717) is 6.42 Å². The fourth-order valence-corrected chi connectivity index (χ4v) is 1.11. The Kier molecular flexibility index (Phi) is 2.85. The monoisotopic (exact) mass is 168 g/mol. The van der Waals surface area contributed by atoms with E-state index in [1.54, 1.807) is 18.5 Å². The molecule has 0 spiro atoms. The number of carboxylic acid groups (broad SMARTS) is 1. The van der Waals surface area contributed by atoms with Crippen LogP contribution in [0.1, 0.15) is 25.8 Å². The van der Waals surface area contributed by atoms with Crippen molar-refractivity contribution in [3.63, 3.8) is 0 Å². The van der Waals surface area contributed by atoms with Gasteiger partial charge in [0.2, 0.25) is 0 Å². The van der Waals surface area contributed by atoms with Crippen LogP contribution in [0.2, 0.25) is 0 Å². The molecule has 0 aromatic carbocycles. The van der Waals surface area contributed by atoms with E-state index in [9.17, 15) is 4.79 Å². The average molecular weight is 168 g/mol. The molecule has 4 heteroatoms. The highest BCUT2D eigenvalue weighted by Crippen LogP contribution is 2.11. The molecule has 0 aliphatic carbocycles. The van der Waals surface area contributed by atoms with Crippen LogP contribution in [0.5, 0.6) is 0 Å². The van der Waals surface area contributed by atoms with Gasteiger partial charge in [0.25, 0.3) is 0 Å². The van der Waals surface area contributed by atoms with Crippen molar-refractivity contribution in [3.05, 3.63) is 18.5 Å². The maximum absolute atomic E-state index is 10.7. The first kappa shape index (κ1) is 8.77. The van der Waals surface area contributed by atoms with Crippen LogP contribution in [-0.4, -0.2) is 20.9 Å². The lowest BCUT2D eigenvalue weighted by Crippen LogP contribution is -2.19. The summed E-state index contributed by atoms with van der Waals surface area (Å²) < 4.78 is 1.48. The maximum atomic E-state index is 10.7. The Morgan fingerprint density at radius 3 is 2.92 bits per heavy atom. The van der Waals surface area contributed by atoms with Crippen LogP contribution in [-0.2, 0) is 4.79 Å². The topological polar surface area (TPSA) is 55.1 Å². The molecule has 66 valence electrons. The molecule has 1 aromatic heterocycles. The zero-order valence-corrected chi connectivity index (χ0v) is 6.97. The molecular weight excluding hydrogens is 156 g/mol. The lowest BCUT2D eigenvalue weighted by molar-refractivity contribution is -0.141. The predicted molar refractivity (Wildman–Crippen MR) is 43.8 cm³/mol. The van der Waals surface area contributed by atoms with Gasteiger partial charge in [0.05, 0.1) is 0 Å². The van der Waals surface area contributed by atoms with E-state index in [1.165, 1.54) is 4.68 Å². The number of carboxylic acids is 1. The fourth-order valence-electron chi connectivity index (χ4n) is 1.11. The summed E-state index contributed by atoms with van der Waals surface area (Å²) in [7, 11) is 0. The summed E-state index contributed by atoms with van der Waals surface area (Å²) in [6, 6.07) is 1.22. The van der Waals surface area contributed by atoms with E-state index in [1.807, 2.05) is 6.92 Å². The van der Waals surface area contributed by atoms with Gasteiger partial charge in [-0.05, 0) is 12.5 Å². The lowest BCUT2D eigenvalue weighted by atomic mass is 10.2. The molecule has 1 unspecified atom stereocenters. The number of carbonyl (C=O) groups is 1. The number of hydrogen-bond donors (Lipinski definition) is 1. The molecule has 0 fully saturated rings. The Morgan fingerprint density at radius 2 is 2.50 bits per heavy atom. The quantitative estimate of drug-likeness (QED) is 0.737. The number of rotatable bonds is 4. The van der Waals surface area contributed by atoms with Gasteiger partial charge in [0, 0.05) is 12.4 Å². The van der Waals surface area contributed by atoms with Gasteiger partial charge >= 0.3 is 5.97 Å². The molecule has 12 heavy (non-hydrogen) atoms. The summed E-state index contributed by atoms with van der Waals surface area (Å²) in [4.78, 5) is 10.7. The summed E-state index contributed by atoms with van der Waals surface area (Å²) in [5.41, 5.74) is 0. The van der Waals surface area contributed by atoms with Crippen LogP contribution in [0, 0.1) is 0 Å². The van der Waals surface area contributed by atoms with Gasteiger partial charge in [-0.1, -0.05) is 13.3 Å². The maximum Gasteiger partial charge on any atom is 0.328 e. The van der Waals surface area contributed by atoms with E-state index in [4.69, 9.17) is 5.11 Å². The Morgan fingerprint density at radius 1 is 1.75 bits per heavy atom. The molecule has 1 N–H and O–H groups in total. The molecule has 0 saturated carbocycles. The Labute approximate surface area is 70.8 Å². The van der Waals surface area contributed by atoms with Crippen molar-refractivity contribution in [1.82, 2.24) is 9.78 Å². The molecule has 1 atom stereocenters. The van der Waals surface area contributed by atoms with Gasteiger partial charge in [-0.3, -0.25) is 4.68 Å². The first-order chi connectivity index (χ1) is 5.75. The molecule has 0 saturated heterocycles. The minimum Gasteiger partial charge on any atom is -0.480 e. The van der Waals surface area contributed by atoms with Crippen molar-refractivity contribution in [2.24, 2.45) is 0 Å². The van der Waals surface area contributed by atoms with Crippen LogP contribution >= 0.6 is 0 Å². The first-order valence-corrected chi connectivity index (χ1v) is 3.97. The minimum absolute atomic E-state index is 0.509. The van der Waals surface area contributed by atoms with E-state index in [2.05, 4.69) is 5.10 Å². The zero-order chi connectivity index (χ0) is 8.97. The molecule has 0 bridgehead atoms. The smallest absolute Gasteiger partial charge is 0.328 e. The zero-order valence-electron chi connectivity index (χ0n) is 6.97. The van der Waals surface area contributed by atoms with Crippen molar-refractivity contribution in [1.29, 1.82) is 0 Å². The van der Waals surface area contributed by atoms with Crippen LogP contribution in [0.15, 0.2) is 18.5 Å². The van der Waals surface area contributed by atoms with Gasteiger partial charge in [0.1, 0.15) is 6.04 Å². The van der Waals surface area contributed by atoms with Crippen molar-refractivity contribution >= 4 is 5.97 Å². The summed E-state index contributed by atoms with van der Waals surface area (Å²) >= 11 is 0. The van der Waals surface area contributed by atoms with Crippen LogP contribution in [0.4, 0.5) is 0 Å². The van der Waals surface area contributed by atoms with E-state index in [0.717, 1.165) is 6.42 Å². The van der Waals surface area contributed by atoms with E-state index in [-0.39, 0.29) is 0 Å². The predicted octanol–water partition coefficient (Wildman–Crippen LogP) is 1.31. The molecule has 0 amide bonds. The van der Waals surface area contributed by atoms with Gasteiger partial charge in [0.15, 0.2) is 0 Å². The molecule has 1 heterocycles. The molecule has 0 aliphatic heterocycles. The van der Waals surface area contributed by atoms with Gasteiger partial charge in [-0.15, -0.1) is 0 Å². The highest BCUT2D eigenvalue weighted by atomic mass is 16.4.